The quantitative estimate of drug-likeness (QED) is 0.893. The van der Waals surface area contributed by atoms with Crippen LogP contribution in [0.3, 0.4) is 0 Å². The topological polar surface area (TPSA) is 56.9 Å². The first-order valence-electron chi connectivity index (χ1n) is 6.65. The number of β-amino-alcohol motifs (C(OH)–C–C–N with tert-alkyl or cyclic N) is 1. The van der Waals surface area contributed by atoms with Crippen LogP contribution in [0.5, 0.6) is 0 Å². The highest BCUT2D eigenvalue weighted by Gasteiger charge is 2.30. The third kappa shape index (κ3) is 3.58. The minimum absolute atomic E-state index is 0.0171. The molecule has 1 atom stereocenters. The summed E-state index contributed by atoms with van der Waals surface area (Å²) in [6.45, 7) is 8.48. The average Bonchev–Trinajstić information content (AvgIpc) is 2.82. The van der Waals surface area contributed by atoms with Crippen LogP contribution in [0.4, 0.5) is 0 Å². The molecule has 5 heteroatoms. The largest absolute Gasteiger partial charge is 0.472 e. The van der Waals surface area contributed by atoms with Crippen molar-refractivity contribution in [3.63, 3.8) is 0 Å². The number of aliphatic hydroxyl groups is 1. The Morgan fingerprint density at radius 3 is 2.79 bits per heavy atom. The first-order valence-corrected chi connectivity index (χ1v) is 6.65. The number of piperazine rings is 1. The molecule has 1 fully saturated rings. The van der Waals surface area contributed by atoms with Crippen LogP contribution in [0.2, 0.25) is 0 Å². The minimum atomic E-state index is -0.703. The van der Waals surface area contributed by atoms with E-state index in [4.69, 9.17) is 4.42 Å². The van der Waals surface area contributed by atoms with Crippen LogP contribution in [0.25, 0.3) is 0 Å². The lowest BCUT2D eigenvalue weighted by atomic mass is 10.1. The molecule has 5 nitrogen and oxygen atoms in total. The Kier molecular flexibility index (Phi) is 3.96. The highest BCUT2D eigenvalue weighted by molar-refractivity contribution is 5.93. The predicted octanol–water partition coefficient (Wildman–Crippen LogP) is 1.20. The van der Waals surface area contributed by atoms with Gasteiger partial charge in [-0.25, -0.2) is 0 Å². The van der Waals surface area contributed by atoms with Gasteiger partial charge in [-0.05, 0) is 26.8 Å². The number of rotatable bonds is 3. The van der Waals surface area contributed by atoms with Crippen molar-refractivity contribution >= 4 is 5.91 Å². The molecule has 1 aromatic heterocycles. The number of carbonyl (C=O) groups excluding carboxylic acids is 1. The lowest BCUT2D eigenvalue weighted by molar-refractivity contribution is -0.00144. The van der Waals surface area contributed by atoms with E-state index >= 15 is 0 Å². The van der Waals surface area contributed by atoms with Crippen molar-refractivity contribution in [1.82, 2.24) is 9.80 Å². The summed E-state index contributed by atoms with van der Waals surface area (Å²) in [5, 5.41) is 9.88. The fraction of sp³-hybridized carbons (Fsp3) is 0.643. The molecule has 0 unspecified atom stereocenters. The lowest BCUT2D eigenvalue weighted by Gasteiger charge is -2.41. The summed E-state index contributed by atoms with van der Waals surface area (Å²) in [6.07, 6.45) is 3.00. The number of hydrogen-bond donors (Lipinski definition) is 1. The molecule has 2 heterocycles. The zero-order chi connectivity index (χ0) is 14.0. The van der Waals surface area contributed by atoms with Gasteiger partial charge in [0.05, 0.1) is 17.4 Å². The SMILES string of the molecule is C[C@@H]1CN(C(=O)c2ccoc2)CCN1CC(C)(C)O. The van der Waals surface area contributed by atoms with Gasteiger partial charge in [0.2, 0.25) is 0 Å². The molecule has 106 valence electrons. The Balaban J connectivity index is 1.95. The number of nitrogens with zero attached hydrogens (tertiary/aromatic N) is 2. The third-order valence-electron chi connectivity index (χ3n) is 3.41. The summed E-state index contributed by atoms with van der Waals surface area (Å²) in [6, 6.07) is 1.94. The standard InChI is InChI=1S/C14H22N2O3/c1-11-8-15(13(17)12-4-7-19-9-12)5-6-16(11)10-14(2,3)18/h4,7,9,11,18H,5-6,8,10H2,1-3H3/t11-/m1/s1. The Hall–Kier alpha value is -1.33. The van der Waals surface area contributed by atoms with Gasteiger partial charge < -0.3 is 14.4 Å². The van der Waals surface area contributed by atoms with E-state index in [9.17, 15) is 9.90 Å². The Morgan fingerprint density at radius 1 is 1.53 bits per heavy atom. The Labute approximate surface area is 113 Å². The van der Waals surface area contributed by atoms with Crippen molar-refractivity contribution in [2.45, 2.75) is 32.4 Å². The van der Waals surface area contributed by atoms with Crippen molar-refractivity contribution in [3.05, 3.63) is 24.2 Å². The smallest absolute Gasteiger partial charge is 0.257 e. The van der Waals surface area contributed by atoms with Gasteiger partial charge in [-0.3, -0.25) is 9.69 Å². The normalized spacial score (nSPS) is 21.7. The van der Waals surface area contributed by atoms with Gasteiger partial charge in [-0.2, -0.15) is 0 Å². The Bertz CT molecular complexity index is 422. The highest BCUT2D eigenvalue weighted by atomic mass is 16.3. The summed E-state index contributed by atoms with van der Waals surface area (Å²) in [4.78, 5) is 16.3. The fourth-order valence-electron chi connectivity index (χ4n) is 2.48. The highest BCUT2D eigenvalue weighted by Crippen LogP contribution is 2.16. The number of furan rings is 1. The Morgan fingerprint density at radius 2 is 2.26 bits per heavy atom. The van der Waals surface area contributed by atoms with Crippen LogP contribution in [-0.4, -0.2) is 58.6 Å². The zero-order valence-electron chi connectivity index (χ0n) is 11.8. The number of amides is 1. The average molecular weight is 266 g/mol. The lowest BCUT2D eigenvalue weighted by Crippen LogP contribution is -2.56. The predicted molar refractivity (Wildman–Crippen MR) is 71.9 cm³/mol. The van der Waals surface area contributed by atoms with Crippen molar-refractivity contribution in [3.8, 4) is 0 Å². The van der Waals surface area contributed by atoms with Crippen molar-refractivity contribution in [1.29, 1.82) is 0 Å². The van der Waals surface area contributed by atoms with Gasteiger partial charge in [0.1, 0.15) is 6.26 Å². The number of carbonyl (C=O) groups is 1. The van der Waals surface area contributed by atoms with Crippen LogP contribution in [0, 0.1) is 0 Å². The van der Waals surface area contributed by atoms with Crippen LogP contribution in [0.15, 0.2) is 23.0 Å². The maximum Gasteiger partial charge on any atom is 0.257 e. The molecular formula is C14H22N2O3. The molecule has 1 saturated heterocycles. The summed E-state index contributed by atoms with van der Waals surface area (Å²) in [5.74, 6) is 0.0171. The summed E-state index contributed by atoms with van der Waals surface area (Å²) < 4.78 is 4.95. The van der Waals surface area contributed by atoms with Gasteiger partial charge in [-0.15, -0.1) is 0 Å². The summed E-state index contributed by atoms with van der Waals surface area (Å²) in [7, 11) is 0. The molecule has 2 rings (SSSR count). The first-order chi connectivity index (χ1) is 8.87. The summed E-state index contributed by atoms with van der Waals surface area (Å²) in [5.41, 5.74) is -0.103. The molecule has 1 N–H and O–H groups in total. The molecule has 19 heavy (non-hydrogen) atoms. The second kappa shape index (κ2) is 5.35. The van der Waals surface area contributed by atoms with Crippen molar-refractivity contribution < 1.29 is 14.3 Å². The van der Waals surface area contributed by atoms with E-state index < -0.39 is 5.60 Å². The molecule has 0 bridgehead atoms. The van der Waals surface area contributed by atoms with Gasteiger partial charge in [0.25, 0.3) is 5.91 Å². The monoisotopic (exact) mass is 266 g/mol. The molecule has 1 aliphatic heterocycles. The molecule has 0 saturated carbocycles. The molecule has 0 spiro atoms. The first kappa shape index (κ1) is 14.1. The van der Waals surface area contributed by atoms with E-state index in [-0.39, 0.29) is 11.9 Å². The van der Waals surface area contributed by atoms with Gasteiger partial charge in [-0.1, -0.05) is 0 Å². The van der Waals surface area contributed by atoms with E-state index in [1.165, 1.54) is 12.5 Å². The van der Waals surface area contributed by atoms with E-state index in [1.54, 1.807) is 6.07 Å². The van der Waals surface area contributed by atoms with Gasteiger partial charge in [0.15, 0.2) is 0 Å². The molecule has 1 aliphatic rings. The zero-order valence-corrected chi connectivity index (χ0v) is 11.8. The van der Waals surface area contributed by atoms with Crippen LogP contribution in [-0.2, 0) is 0 Å². The second-order valence-electron chi connectivity index (χ2n) is 5.90. The maximum absolute atomic E-state index is 12.2. The van der Waals surface area contributed by atoms with Crippen LogP contribution >= 0.6 is 0 Å². The molecule has 1 aromatic rings. The van der Waals surface area contributed by atoms with E-state index in [0.29, 0.717) is 25.2 Å². The van der Waals surface area contributed by atoms with E-state index in [0.717, 1.165) is 6.54 Å². The molecule has 0 aliphatic carbocycles. The maximum atomic E-state index is 12.2. The summed E-state index contributed by atoms with van der Waals surface area (Å²) >= 11 is 0. The molecular weight excluding hydrogens is 244 g/mol. The second-order valence-corrected chi connectivity index (χ2v) is 5.90. The number of hydrogen-bond acceptors (Lipinski definition) is 4. The van der Waals surface area contributed by atoms with Crippen LogP contribution in [0.1, 0.15) is 31.1 Å². The molecule has 0 radical (unpaired) electrons. The van der Waals surface area contributed by atoms with Crippen molar-refractivity contribution in [2.75, 3.05) is 26.2 Å². The van der Waals surface area contributed by atoms with Crippen LogP contribution < -0.4 is 0 Å². The van der Waals surface area contributed by atoms with Crippen molar-refractivity contribution in [2.24, 2.45) is 0 Å². The van der Waals surface area contributed by atoms with Gasteiger partial charge in [0, 0.05) is 32.2 Å². The molecule has 0 aromatic carbocycles. The van der Waals surface area contributed by atoms with Gasteiger partial charge >= 0.3 is 0 Å². The minimum Gasteiger partial charge on any atom is -0.472 e. The fourth-order valence-corrected chi connectivity index (χ4v) is 2.48. The van der Waals surface area contributed by atoms with E-state index in [1.807, 2.05) is 18.7 Å². The van der Waals surface area contributed by atoms with E-state index in [2.05, 4.69) is 11.8 Å². The third-order valence-corrected chi connectivity index (χ3v) is 3.41. The molecule has 1 amide bonds.